The summed E-state index contributed by atoms with van der Waals surface area (Å²) in [6.07, 6.45) is -0.947. The van der Waals surface area contributed by atoms with Crippen LogP contribution in [0.3, 0.4) is 0 Å². The standard InChI is InChI=1S/C26H28FN6O6P/c1-3-19-22(37-15-40(35,36)38-12-18-11-16(2)9-10-28-18)20(27)26(39-19)33-14-31-21-23(29-13-30-24(21)33)32-25(34)17-7-5-4-6-8-17/h4-11,13-14,19-20,22,26H,3,12,15H2,1-2H3,(H,35,36)(H,29,30,32,34)/t19-,20?,22+,26-/m1/s1. The molecule has 0 spiro atoms. The van der Waals surface area contributed by atoms with Crippen molar-refractivity contribution in [1.82, 2.24) is 24.5 Å². The van der Waals surface area contributed by atoms with E-state index in [-0.39, 0.29) is 29.5 Å². The van der Waals surface area contributed by atoms with E-state index in [0.29, 0.717) is 17.7 Å². The van der Waals surface area contributed by atoms with Crippen LogP contribution in [0.15, 0.2) is 61.3 Å². The second-order valence-electron chi connectivity index (χ2n) is 9.28. The summed E-state index contributed by atoms with van der Waals surface area (Å²) in [6, 6.07) is 12.1. The highest BCUT2D eigenvalue weighted by atomic mass is 31.2. The molecule has 210 valence electrons. The lowest BCUT2D eigenvalue weighted by Crippen LogP contribution is -2.32. The van der Waals surface area contributed by atoms with Gasteiger partial charge in [0.2, 0.25) is 0 Å². The van der Waals surface area contributed by atoms with E-state index in [1.807, 2.05) is 6.92 Å². The largest absolute Gasteiger partial charge is 0.360 e. The topological polar surface area (TPSA) is 151 Å². The number of carbonyl (C=O) groups excluding carboxylic acids is 1. The van der Waals surface area contributed by atoms with Crippen LogP contribution in [0.25, 0.3) is 11.2 Å². The van der Waals surface area contributed by atoms with Crippen molar-refractivity contribution in [2.45, 2.75) is 51.5 Å². The first-order chi connectivity index (χ1) is 19.3. The number of pyridine rings is 1. The molecule has 3 aromatic heterocycles. The summed E-state index contributed by atoms with van der Waals surface area (Å²) in [5.41, 5.74) is 2.34. The van der Waals surface area contributed by atoms with Crippen LogP contribution in [0.1, 0.15) is 41.2 Å². The Morgan fingerprint density at radius 1 is 1.20 bits per heavy atom. The Morgan fingerprint density at radius 3 is 2.75 bits per heavy atom. The molecule has 1 fully saturated rings. The molecule has 1 aliphatic heterocycles. The number of nitrogens with one attached hydrogen (secondary N) is 1. The van der Waals surface area contributed by atoms with Gasteiger partial charge in [0, 0.05) is 11.8 Å². The van der Waals surface area contributed by atoms with Crippen molar-refractivity contribution in [3.05, 3.63) is 78.1 Å². The van der Waals surface area contributed by atoms with Gasteiger partial charge in [-0.3, -0.25) is 18.9 Å². The Kier molecular flexibility index (Phi) is 8.29. The molecule has 2 N–H and O–H groups in total. The van der Waals surface area contributed by atoms with Crippen molar-refractivity contribution < 1.29 is 32.6 Å². The minimum Gasteiger partial charge on any atom is -0.360 e. The van der Waals surface area contributed by atoms with E-state index in [1.54, 1.807) is 55.6 Å². The maximum Gasteiger partial charge on any atom is 0.353 e. The molecular weight excluding hydrogens is 542 g/mol. The van der Waals surface area contributed by atoms with Crippen LogP contribution in [0, 0.1) is 6.92 Å². The Bertz CT molecular complexity index is 1540. The van der Waals surface area contributed by atoms with Gasteiger partial charge in [-0.1, -0.05) is 25.1 Å². The number of anilines is 1. The van der Waals surface area contributed by atoms with Crippen LogP contribution >= 0.6 is 7.60 Å². The predicted octanol–water partition coefficient (Wildman–Crippen LogP) is 4.17. The number of aryl methyl sites for hydroxylation is 1. The number of carbonyl (C=O) groups is 1. The zero-order valence-electron chi connectivity index (χ0n) is 21.8. The second-order valence-corrected chi connectivity index (χ2v) is 11.1. The van der Waals surface area contributed by atoms with Gasteiger partial charge in [0.05, 0.1) is 24.7 Å². The van der Waals surface area contributed by atoms with Crippen LogP contribution in [-0.2, 0) is 25.2 Å². The third kappa shape index (κ3) is 6.08. The number of hydrogen-bond acceptors (Lipinski definition) is 9. The fourth-order valence-electron chi connectivity index (χ4n) is 4.41. The molecular formula is C26H28FN6O6P. The molecule has 1 saturated heterocycles. The number of benzene rings is 1. The second kappa shape index (κ2) is 11.9. The highest BCUT2D eigenvalue weighted by molar-refractivity contribution is 7.52. The first-order valence-corrected chi connectivity index (χ1v) is 14.3. The van der Waals surface area contributed by atoms with Gasteiger partial charge in [-0.2, -0.15) is 0 Å². The average Bonchev–Trinajstić information content (AvgIpc) is 3.52. The number of fused-ring (bicyclic) bond motifs is 1. The number of ether oxygens (including phenoxy) is 2. The highest BCUT2D eigenvalue weighted by Gasteiger charge is 2.47. The fourth-order valence-corrected chi connectivity index (χ4v) is 5.18. The summed E-state index contributed by atoms with van der Waals surface area (Å²) in [5.74, 6) is -0.226. The van der Waals surface area contributed by atoms with Gasteiger partial charge in [-0.05, 0) is 43.2 Å². The maximum absolute atomic E-state index is 15.7. The molecule has 14 heteroatoms. The van der Waals surface area contributed by atoms with Crippen molar-refractivity contribution in [2.24, 2.45) is 0 Å². The maximum atomic E-state index is 15.7. The lowest BCUT2D eigenvalue weighted by molar-refractivity contribution is -0.0330. The van der Waals surface area contributed by atoms with E-state index < -0.39 is 38.6 Å². The Labute approximate surface area is 229 Å². The molecule has 12 nitrogen and oxygen atoms in total. The van der Waals surface area contributed by atoms with Crippen molar-refractivity contribution in [3.63, 3.8) is 0 Å². The van der Waals surface area contributed by atoms with Gasteiger partial charge in [-0.25, -0.2) is 19.3 Å². The highest BCUT2D eigenvalue weighted by Crippen LogP contribution is 2.45. The fraction of sp³-hybridized carbons (Fsp3) is 0.346. The third-order valence-electron chi connectivity index (χ3n) is 6.39. The number of amides is 1. The molecule has 1 amide bonds. The number of aromatic nitrogens is 5. The van der Waals surface area contributed by atoms with Crippen LogP contribution < -0.4 is 5.32 Å². The molecule has 5 atom stereocenters. The van der Waals surface area contributed by atoms with Crippen molar-refractivity contribution in [3.8, 4) is 0 Å². The number of nitrogens with zero attached hydrogens (tertiary/aromatic N) is 5. The average molecular weight is 571 g/mol. The van der Waals surface area contributed by atoms with E-state index in [0.717, 1.165) is 5.56 Å². The minimum absolute atomic E-state index is 0.160. The van der Waals surface area contributed by atoms with Gasteiger partial charge < -0.3 is 24.2 Å². The lowest BCUT2D eigenvalue weighted by Gasteiger charge is -2.20. The summed E-state index contributed by atoms with van der Waals surface area (Å²) in [5, 5.41) is 2.71. The zero-order valence-corrected chi connectivity index (χ0v) is 22.6. The monoisotopic (exact) mass is 570 g/mol. The third-order valence-corrected chi connectivity index (χ3v) is 7.39. The van der Waals surface area contributed by atoms with Crippen molar-refractivity contribution in [1.29, 1.82) is 0 Å². The van der Waals surface area contributed by atoms with Gasteiger partial charge in [0.1, 0.15) is 18.8 Å². The van der Waals surface area contributed by atoms with E-state index in [1.165, 1.54) is 17.2 Å². The van der Waals surface area contributed by atoms with Crippen molar-refractivity contribution >= 4 is 30.5 Å². The summed E-state index contributed by atoms with van der Waals surface area (Å²) >= 11 is 0. The molecule has 5 rings (SSSR count). The smallest absolute Gasteiger partial charge is 0.353 e. The molecule has 2 unspecified atom stereocenters. The van der Waals surface area contributed by atoms with E-state index in [2.05, 4.69) is 25.3 Å². The number of alkyl halides is 1. The predicted molar refractivity (Wildman–Crippen MR) is 142 cm³/mol. The Morgan fingerprint density at radius 2 is 2.00 bits per heavy atom. The molecule has 1 aliphatic rings. The summed E-state index contributed by atoms with van der Waals surface area (Å²) in [4.78, 5) is 39.6. The molecule has 4 heterocycles. The van der Waals surface area contributed by atoms with Gasteiger partial charge >= 0.3 is 7.60 Å². The van der Waals surface area contributed by atoms with Gasteiger partial charge in [0.15, 0.2) is 29.4 Å². The number of rotatable bonds is 10. The van der Waals surface area contributed by atoms with Crippen LogP contribution in [0.5, 0.6) is 0 Å². The van der Waals surface area contributed by atoms with E-state index in [9.17, 15) is 14.3 Å². The molecule has 4 aromatic rings. The first-order valence-electron chi connectivity index (χ1n) is 12.6. The van der Waals surface area contributed by atoms with Gasteiger partial charge in [-0.15, -0.1) is 0 Å². The van der Waals surface area contributed by atoms with Crippen LogP contribution in [-0.4, -0.2) is 60.0 Å². The van der Waals surface area contributed by atoms with Crippen LogP contribution in [0.4, 0.5) is 10.2 Å². The van der Waals surface area contributed by atoms with E-state index in [4.69, 9.17) is 14.0 Å². The Hall–Kier alpha value is -3.61. The Balaban J connectivity index is 1.28. The van der Waals surface area contributed by atoms with E-state index >= 15 is 4.39 Å². The minimum atomic E-state index is -4.22. The normalized spacial score (nSPS) is 22.3. The molecule has 1 aromatic carbocycles. The SMILES string of the molecule is CC[C@H]1O[C@@H](n2cnc3c(NC(=O)c4ccccc4)ncnc32)C(F)[C@H]1OCP(=O)(O)OCc1cc(C)ccn1. The summed E-state index contributed by atoms with van der Waals surface area (Å²) in [7, 11) is -4.22. The summed E-state index contributed by atoms with van der Waals surface area (Å²) in [6.45, 7) is 3.47. The molecule has 0 bridgehead atoms. The number of halogens is 1. The summed E-state index contributed by atoms with van der Waals surface area (Å²) < 4.78 is 46.4. The quantitative estimate of drug-likeness (QED) is 0.266. The molecule has 0 saturated carbocycles. The van der Waals surface area contributed by atoms with Crippen molar-refractivity contribution in [2.75, 3.05) is 11.7 Å². The molecule has 0 aliphatic carbocycles. The molecule has 40 heavy (non-hydrogen) atoms. The zero-order chi connectivity index (χ0) is 28.3. The van der Waals surface area contributed by atoms with Crippen LogP contribution in [0.2, 0.25) is 0 Å². The number of hydrogen-bond donors (Lipinski definition) is 2. The number of imidazole rings is 1. The van der Waals surface area contributed by atoms with Gasteiger partial charge in [0.25, 0.3) is 5.91 Å². The lowest BCUT2D eigenvalue weighted by atomic mass is 10.1. The first kappa shape index (κ1) is 27.9. The molecule has 0 radical (unpaired) electrons.